The van der Waals surface area contributed by atoms with E-state index in [1.54, 1.807) is 0 Å². The van der Waals surface area contributed by atoms with Gasteiger partial charge in [-0.1, -0.05) is 18.2 Å². The average molecular weight is 332 g/mol. The third-order valence-electron chi connectivity index (χ3n) is 4.50. The number of hydrogen-bond donors (Lipinski definition) is 0. The van der Waals surface area contributed by atoms with Gasteiger partial charge in [0.05, 0.1) is 5.69 Å². The molecule has 0 aliphatic carbocycles. The van der Waals surface area contributed by atoms with Crippen LogP contribution in [0, 0.1) is 0 Å². The Hall–Kier alpha value is -1.85. The summed E-state index contributed by atoms with van der Waals surface area (Å²) in [6, 6.07) is 8.72. The number of benzene rings is 1. The van der Waals surface area contributed by atoms with Gasteiger partial charge < -0.3 is 14.0 Å². The first-order valence-corrected chi connectivity index (χ1v) is 7.88. The molecule has 0 spiro atoms. The molecular weight excluding hydrogens is 310 g/mol. The monoisotopic (exact) mass is 331 g/mol. The highest BCUT2D eigenvalue weighted by Gasteiger charge is 2.24. The van der Waals surface area contributed by atoms with E-state index >= 15 is 0 Å². The van der Waals surface area contributed by atoms with Gasteiger partial charge in [0, 0.05) is 30.5 Å². The van der Waals surface area contributed by atoms with E-state index in [0.29, 0.717) is 0 Å². The third kappa shape index (κ3) is 2.64. The van der Waals surface area contributed by atoms with E-state index in [2.05, 4.69) is 62.6 Å². The van der Waals surface area contributed by atoms with Crippen LogP contribution in [-0.2, 0) is 19.5 Å². The summed E-state index contributed by atoms with van der Waals surface area (Å²) >= 11 is 0. The van der Waals surface area contributed by atoms with Crippen LogP contribution in [0.1, 0.15) is 12.0 Å². The van der Waals surface area contributed by atoms with Crippen molar-refractivity contribution in [2.75, 3.05) is 20.6 Å². The van der Waals surface area contributed by atoms with Gasteiger partial charge in [-0.3, -0.25) is 0 Å². The first-order chi connectivity index (χ1) is 10.8. The van der Waals surface area contributed by atoms with E-state index in [4.69, 9.17) is 0 Å². The third-order valence-corrected chi connectivity index (χ3v) is 4.50. The van der Waals surface area contributed by atoms with Crippen molar-refractivity contribution in [3.05, 3.63) is 36.2 Å². The molecule has 6 heteroatoms. The molecule has 1 aromatic carbocycles. The molecule has 1 aliphatic heterocycles. The van der Waals surface area contributed by atoms with Crippen LogP contribution in [0.25, 0.3) is 22.4 Å². The molecule has 3 heterocycles. The van der Waals surface area contributed by atoms with Gasteiger partial charge in [-0.05, 0) is 38.6 Å². The number of likely N-dealkylation sites (N-methyl/N-ethyl adjacent to an activating group) is 1. The van der Waals surface area contributed by atoms with Crippen molar-refractivity contribution in [3.8, 4) is 11.5 Å². The highest BCUT2D eigenvalue weighted by molar-refractivity contribution is 5.91. The number of hydrogen-bond acceptors (Lipinski definition) is 3. The van der Waals surface area contributed by atoms with Crippen LogP contribution in [0.3, 0.4) is 0 Å². The maximum absolute atomic E-state index is 4.42. The zero-order valence-electron chi connectivity index (χ0n) is 13.6. The van der Waals surface area contributed by atoms with Gasteiger partial charge in [-0.15, -0.1) is 22.6 Å². The smallest absolute Gasteiger partial charge is 0.180 e. The summed E-state index contributed by atoms with van der Waals surface area (Å²) in [5, 5.41) is 9.93. The molecule has 0 saturated carbocycles. The summed E-state index contributed by atoms with van der Waals surface area (Å²) in [6.45, 7) is 2.98. The van der Waals surface area contributed by atoms with Crippen LogP contribution in [0.2, 0.25) is 0 Å². The molecule has 0 atom stereocenters. The molecular formula is C17H22ClN5. The molecule has 2 aromatic heterocycles. The number of aryl methyl sites for hydroxylation is 2. The molecule has 0 unspecified atom stereocenters. The van der Waals surface area contributed by atoms with E-state index in [-0.39, 0.29) is 12.4 Å². The molecule has 0 saturated heterocycles. The van der Waals surface area contributed by atoms with Gasteiger partial charge in [0.15, 0.2) is 5.82 Å². The Morgan fingerprint density at radius 1 is 1.22 bits per heavy atom. The summed E-state index contributed by atoms with van der Waals surface area (Å²) in [5.41, 5.74) is 4.00. The van der Waals surface area contributed by atoms with E-state index in [1.165, 1.54) is 22.2 Å². The number of para-hydroxylation sites is 1. The molecule has 23 heavy (non-hydrogen) atoms. The van der Waals surface area contributed by atoms with Crippen molar-refractivity contribution in [2.24, 2.45) is 0 Å². The zero-order chi connectivity index (χ0) is 15.1. The summed E-state index contributed by atoms with van der Waals surface area (Å²) in [5.74, 6) is 1.02. The Bertz CT molecular complexity index is 818. The molecule has 0 amide bonds. The van der Waals surface area contributed by atoms with Crippen molar-refractivity contribution in [2.45, 2.75) is 25.9 Å². The van der Waals surface area contributed by atoms with E-state index in [1.807, 2.05) is 6.33 Å². The lowest BCUT2D eigenvalue weighted by atomic mass is 10.1. The largest absolute Gasteiger partial charge is 0.336 e. The minimum atomic E-state index is 0. The second-order valence-corrected chi connectivity index (χ2v) is 6.25. The van der Waals surface area contributed by atoms with Gasteiger partial charge >= 0.3 is 0 Å². The summed E-state index contributed by atoms with van der Waals surface area (Å²) < 4.78 is 4.62. The van der Waals surface area contributed by atoms with Crippen LogP contribution < -0.4 is 0 Å². The molecule has 0 fully saturated rings. The van der Waals surface area contributed by atoms with Crippen LogP contribution in [0.15, 0.2) is 30.6 Å². The summed E-state index contributed by atoms with van der Waals surface area (Å²) in [6.07, 6.45) is 4.10. The van der Waals surface area contributed by atoms with Crippen molar-refractivity contribution < 1.29 is 0 Å². The SMILES string of the molecule is CN(C)CCn1c2c(c3ccccc31)CCCn1cnnc1-2.Cl. The maximum atomic E-state index is 4.42. The topological polar surface area (TPSA) is 38.9 Å². The predicted octanol–water partition coefficient (Wildman–Crippen LogP) is 2.83. The van der Waals surface area contributed by atoms with E-state index < -0.39 is 0 Å². The van der Waals surface area contributed by atoms with E-state index in [0.717, 1.165) is 38.3 Å². The number of halogens is 1. The lowest BCUT2D eigenvalue weighted by Gasteiger charge is -2.14. The van der Waals surface area contributed by atoms with Crippen LogP contribution in [0.5, 0.6) is 0 Å². The highest BCUT2D eigenvalue weighted by atomic mass is 35.5. The molecule has 0 N–H and O–H groups in total. The Balaban J connectivity index is 0.00000156. The Morgan fingerprint density at radius 3 is 2.87 bits per heavy atom. The van der Waals surface area contributed by atoms with Crippen molar-refractivity contribution in [1.82, 2.24) is 24.2 Å². The highest BCUT2D eigenvalue weighted by Crippen LogP contribution is 2.35. The quantitative estimate of drug-likeness (QED) is 0.741. The van der Waals surface area contributed by atoms with Gasteiger partial charge in [-0.25, -0.2) is 0 Å². The van der Waals surface area contributed by atoms with Crippen LogP contribution >= 0.6 is 12.4 Å². The van der Waals surface area contributed by atoms with Crippen LogP contribution in [-0.4, -0.2) is 44.9 Å². The number of fused-ring (bicyclic) bond motifs is 5. The fourth-order valence-electron chi connectivity index (χ4n) is 3.44. The molecule has 0 radical (unpaired) electrons. The Morgan fingerprint density at radius 2 is 2.04 bits per heavy atom. The van der Waals surface area contributed by atoms with Crippen LogP contribution in [0.4, 0.5) is 0 Å². The lowest BCUT2D eigenvalue weighted by Crippen LogP contribution is -2.19. The fourth-order valence-corrected chi connectivity index (χ4v) is 3.44. The lowest BCUT2D eigenvalue weighted by molar-refractivity contribution is 0.387. The van der Waals surface area contributed by atoms with Crippen molar-refractivity contribution in [1.29, 1.82) is 0 Å². The second-order valence-electron chi connectivity index (χ2n) is 6.25. The van der Waals surface area contributed by atoms with Gasteiger partial charge in [-0.2, -0.15) is 0 Å². The normalized spacial score (nSPS) is 13.5. The predicted molar refractivity (Wildman–Crippen MR) is 95.1 cm³/mol. The molecule has 0 bridgehead atoms. The molecule has 5 nitrogen and oxygen atoms in total. The average Bonchev–Trinajstić information content (AvgIpc) is 3.04. The first kappa shape index (κ1) is 16.0. The summed E-state index contributed by atoms with van der Waals surface area (Å²) in [7, 11) is 4.24. The maximum Gasteiger partial charge on any atom is 0.180 e. The first-order valence-electron chi connectivity index (χ1n) is 7.88. The van der Waals surface area contributed by atoms with Crippen molar-refractivity contribution in [3.63, 3.8) is 0 Å². The zero-order valence-corrected chi connectivity index (χ0v) is 14.4. The number of nitrogens with zero attached hydrogens (tertiary/aromatic N) is 5. The van der Waals surface area contributed by atoms with E-state index in [9.17, 15) is 0 Å². The van der Waals surface area contributed by atoms with Gasteiger partial charge in [0.25, 0.3) is 0 Å². The second kappa shape index (κ2) is 6.34. The van der Waals surface area contributed by atoms with Crippen molar-refractivity contribution >= 4 is 23.3 Å². The minimum absolute atomic E-state index is 0. The number of aromatic nitrogens is 4. The Kier molecular flexibility index (Phi) is 4.41. The molecule has 3 aromatic rings. The molecule has 4 rings (SSSR count). The van der Waals surface area contributed by atoms with Gasteiger partial charge in [0.1, 0.15) is 6.33 Å². The summed E-state index contributed by atoms with van der Waals surface area (Å²) in [4.78, 5) is 2.22. The minimum Gasteiger partial charge on any atom is -0.336 e. The molecule has 1 aliphatic rings. The fraction of sp³-hybridized carbons (Fsp3) is 0.412. The number of rotatable bonds is 3. The van der Waals surface area contributed by atoms with Gasteiger partial charge in [0.2, 0.25) is 0 Å². The molecule has 122 valence electrons. The standard InChI is InChI=1S/C17H21N5.ClH/c1-20(2)10-11-22-15-8-4-3-6-13(15)14-7-5-9-21-12-18-19-17(21)16(14)22;/h3-4,6,8,12H,5,7,9-11H2,1-2H3;1H. The Labute approximate surface area is 142 Å².